The minimum Gasteiger partial charge on any atom is -0.466 e. The number of benzene rings is 1. The lowest BCUT2D eigenvalue weighted by atomic mass is 9.96. The van der Waals surface area contributed by atoms with E-state index in [2.05, 4.69) is 10.6 Å². The lowest BCUT2D eigenvalue weighted by Gasteiger charge is -2.35. The Labute approximate surface area is 220 Å². The van der Waals surface area contributed by atoms with Crippen molar-refractivity contribution in [2.75, 3.05) is 26.3 Å². The number of esters is 1. The first kappa shape index (κ1) is 31.9. The lowest BCUT2D eigenvalue weighted by molar-refractivity contribution is -0.144. The minimum atomic E-state index is -1.10. The van der Waals surface area contributed by atoms with E-state index >= 15 is 0 Å². The van der Waals surface area contributed by atoms with Gasteiger partial charge in [0.05, 0.1) is 19.6 Å². The number of carbonyl (C=O) groups is 4. The van der Waals surface area contributed by atoms with Crippen molar-refractivity contribution in [3.8, 4) is 0 Å². The van der Waals surface area contributed by atoms with E-state index < -0.39 is 48.2 Å². The van der Waals surface area contributed by atoms with E-state index in [0.717, 1.165) is 5.56 Å². The van der Waals surface area contributed by atoms with Gasteiger partial charge in [-0.3, -0.25) is 14.4 Å². The molecule has 0 saturated carbocycles. The van der Waals surface area contributed by atoms with Crippen molar-refractivity contribution >= 4 is 23.9 Å². The van der Waals surface area contributed by atoms with E-state index in [9.17, 15) is 24.3 Å². The van der Waals surface area contributed by atoms with Gasteiger partial charge in [-0.05, 0) is 58.1 Å². The van der Waals surface area contributed by atoms with E-state index in [1.165, 1.54) is 4.90 Å². The zero-order valence-electron chi connectivity index (χ0n) is 23.1. The molecule has 0 spiro atoms. The monoisotopic (exact) mass is 521 g/mol. The summed E-state index contributed by atoms with van der Waals surface area (Å²) in [4.78, 5) is 52.9. The Morgan fingerprint density at radius 2 is 1.76 bits per heavy atom. The number of hydrogen-bond donors (Lipinski definition) is 3. The first-order chi connectivity index (χ1) is 17.3. The van der Waals surface area contributed by atoms with Gasteiger partial charge in [0.1, 0.15) is 17.7 Å². The van der Waals surface area contributed by atoms with E-state index in [0.29, 0.717) is 12.0 Å². The van der Waals surface area contributed by atoms with E-state index in [1.54, 1.807) is 39.8 Å². The van der Waals surface area contributed by atoms with Crippen molar-refractivity contribution in [3.05, 3.63) is 35.4 Å². The minimum absolute atomic E-state index is 0.0206. The Hall–Kier alpha value is -3.14. The van der Waals surface area contributed by atoms with Gasteiger partial charge in [0.25, 0.3) is 0 Å². The standard InChI is InChI=1S/C27H43N3O7/c1-8-36-22(32)13-14-28-24(33)23(20-12-10-9-11-19(20)4)30(15-16-31)25(34)21(17-18(2)3)29-26(35)37-27(5,6)7/h9-12,18,21,23,31H,8,13-17H2,1-7H3,(H,28,33)(H,29,35). The maximum Gasteiger partial charge on any atom is 0.408 e. The fraction of sp³-hybridized carbons (Fsp3) is 0.630. The molecular formula is C27H43N3O7. The molecule has 10 heteroatoms. The lowest BCUT2D eigenvalue weighted by Crippen LogP contribution is -2.54. The van der Waals surface area contributed by atoms with Crippen LogP contribution in [0.3, 0.4) is 0 Å². The second-order valence-corrected chi connectivity index (χ2v) is 10.2. The number of hydrogen-bond acceptors (Lipinski definition) is 7. The van der Waals surface area contributed by atoms with Gasteiger partial charge >= 0.3 is 12.1 Å². The Morgan fingerprint density at radius 3 is 2.30 bits per heavy atom. The number of alkyl carbamates (subject to hydrolysis) is 1. The van der Waals surface area contributed by atoms with Crippen molar-refractivity contribution in [1.29, 1.82) is 0 Å². The van der Waals surface area contributed by atoms with Crippen molar-refractivity contribution in [1.82, 2.24) is 15.5 Å². The van der Waals surface area contributed by atoms with Crippen LogP contribution in [0.1, 0.15) is 71.6 Å². The molecule has 0 aliphatic rings. The third-order valence-corrected chi connectivity index (χ3v) is 5.30. The molecule has 3 N–H and O–H groups in total. The van der Waals surface area contributed by atoms with Gasteiger partial charge in [0, 0.05) is 13.1 Å². The molecule has 1 aromatic rings. The Morgan fingerprint density at radius 1 is 1.11 bits per heavy atom. The van der Waals surface area contributed by atoms with Crippen LogP contribution in [0.5, 0.6) is 0 Å². The quantitative estimate of drug-likeness (QED) is 0.340. The number of nitrogens with zero attached hydrogens (tertiary/aromatic N) is 1. The molecule has 0 aliphatic carbocycles. The summed E-state index contributed by atoms with van der Waals surface area (Å²) in [5.74, 6) is -1.45. The predicted molar refractivity (Wildman–Crippen MR) is 140 cm³/mol. The first-order valence-electron chi connectivity index (χ1n) is 12.7. The van der Waals surface area contributed by atoms with Crippen LogP contribution >= 0.6 is 0 Å². The molecule has 37 heavy (non-hydrogen) atoms. The summed E-state index contributed by atoms with van der Waals surface area (Å²) in [7, 11) is 0. The van der Waals surface area contributed by atoms with Crippen LogP contribution < -0.4 is 10.6 Å². The van der Waals surface area contributed by atoms with Crippen LogP contribution in [0.25, 0.3) is 0 Å². The van der Waals surface area contributed by atoms with Gasteiger partial charge in [-0.2, -0.15) is 0 Å². The fourth-order valence-corrected chi connectivity index (χ4v) is 3.78. The Bertz CT molecular complexity index is 912. The number of aliphatic hydroxyl groups is 1. The van der Waals surface area contributed by atoms with Crippen LogP contribution in [0, 0.1) is 12.8 Å². The molecule has 2 atom stereocenters. The van der Waals surface area contributed by atoms with E-state index in [4.69, 9.17) is 9.47 Å². The number of aliphatic hydroxyl groups excluding tert-OH is 1. The number of amides is 3. The van der Waals surface area contributed by atoms with Crippen LogP contribution in [0.15, 0.2) is 24.3 Å². The highest BCUT2D eigenvalue weighted by atomic mass is 16.6. The zero-order valence-corrected chi connectivity index (χ0v) is 23.1. The second kappa shape index (κ2) is 15.2. The maximum atomic E-state index is 13.9. The second-order valence-electron chi connectivity index (χ2n) is 10.2. The summed E-state index contributed by atoms with van der Waals surface area (Å²) < 4.78 is 10.3. The molecule has 3 amide bonds. The van der Waals surface area contributed by atoms with Crippen LogP contribution in [0.4, 0.5) is 4.79 Å². The predicted octanol–water partition coefficient (Wildman–Crippen LogP) is 2.87. The Kier molecular flexibility index (Phi) is 13.1. The molecule has 0 saturated heterocycles. The molecule has 0 aromatic heterocycles. The SMILES string of the molecule is CCOC(=O)CCNC(=O)C(c1ccccc1C)N(CCO)C(=O)C(CC(C)C)NC(=O)OC(C)(C)C. The fourth-order valence-electron chi connectivity index (χ4n) is 3.78. The molecule has 1 aromatic carbocycles. The molecule has 0 heterocycles. The van der Waals surface area contributed by atoms with Gasteiger partial charge in [-0.25, -0.2) is 4.79 Å². The van der Waals surface area contributed by atoms with Gasteiger partial charge in [0.15, 0.2) is 0 Å². The van der Waals surface area contributed by atoms with Gasteiger partial charge in [-0.1, -0.05) is 38.1 Å². The first-order valence-corrected chi connectivity index (χ1v) is 12.7. The highest BCUT2D eigenvalue weighted by Crippen LogP contribution is 2.26. The van der Waals surface area contributed by atoms with Crippen LogP contribution in [-0.4, -0.2) is 71.8 Å². The van der Waals surface area contributed by atoms with Crippen LogP contribution in [0.2, 0.25) is 0 Å². The van der Waals surface area contributed by atoms with Crippen molar-refractivity contribution in [3.63, 3.8) is 0 Å². The summed E-state index contributed by atoms with van der Waals surface area (Å²) in [6, 6.07) is 5.05. The largest absolute Gasteiger partial charge is 0.466 e. The van der Waals surface area contributed by atoms with Crippen molar-refractivity contribution in [2.45, 2.75) is 79.0 Å². The molecule has 10 nitrogen and oxygen atoms in total. The number of ether oxygens (including phenoxy) is 2. The van der Waals surface area contributed by atoms with Crippen molar-refractivity contribution in [2.24, 2.45) is 5.92 Å². The molecule has 208 valence electrons. The van der Waals surface area contributed by atoms with Gasteiger partial charge in [0.2, 0.25) is 11.8 Å². The number of rotatable bonds is 13. The maximum absolute atomic E-state index is 13.9. The van der Waals surface area contributed by atoms with Crippen LogP contribution in [-0.2, 0) is 23.9 Å². The number of nitrogens with one attached hydrogen (secondary N) is 2. The zero-order chi connectivity index (χ0) is 28.2. The number of carbonyl (C=O) groups excluding carboxylic acids is 4. The average Bonchev–Trinajstić information content (AvgIpc) is 2.77. The Balaban J connectivity index is 3.35. The summed E-state index contributed by atoms with van der Waals surface area (Å²) in [6.45, 7) is 12.2. The van der Waals surface area contributed by atoms with Crippen molar-refractivity contribution < 1.29 is 33.8 Å². The average molecular weight is 522 g/mol. The molecule has 0 bridgehead atoms. The summed E-state index contributed by atoms with van der Waals surface area (Å²) in [5, 5.41) is 15.2. The van der Waals surface area contributed by atoms with Gasteiger partial charge < -0.3 is 30.1 Å². The van der Waals surface area contributed by atoms with E-state index in [-0.39, 0.29) is 32.0 Å². The smallest absolute Gasteiger partial charge is 0.408 e. The molecule has 0 radical (unpaired) electrons. The van der Waals surface area contributed by atoms with E-state index in [1.807, 2.05) is 32.9 Å². The highest BCUT2D eigenvalue weighted by Gasteiger charge is 2.36. The molecule has 2 unspecified atom stereocenters. The third-order valence-electron chi connectivity index (χ3n) is 5.30. The highest BCUT2D eigenvalue weighted by molar-refractivity contribution is 5.92. The van der Waals surface area contributed by atoms with Gasteiger partial charge in [-0.15, -0.1) is 0 Å². The normalized spacial score (nSPS) is 12.9. The molecule has 0 fully saturated rings. The summed E-state index contributed by atoms with van der Waals surface area (Å²) in [6.07, 6.45) is -0.475. The summed E-state index contributed by atoms with van der Waals surface area (Å²) in [5.41, 5.74) is 0.575. The number of aryl methyl sites for hydroxylation is 1. The topological polar surface area (TPSA) is 134 Å². The summed E-state index contributed by atoms with van der Waals surface area (Å²) >= 11 is 0. The third kappa shape index (κ3) is 11.2. The molecule has 0 aliphatic heterocycles. The molecular weight excluding hydrogens is 478 g/mol. The molecule has 1 rings (SSSR count).